The number of amides is 2. The van der Waals surface area contributed by atoms with Crippen LogP contribution < -0.4 is 14.4 Å². The summed E-state index contributed by atoms with van der Waals surface area (Å²) in [6.07, 6.45) is 2.77. The third-order valence-electron chi connectivity index (χ3n) is 6.02. The van der Waals surface area contributed by atoms with Gasteiger partial charge in [-0.3, -0.25) is 13.9 Å². The van der Waals surface area contributed by atoms with Gasteiger partial charge in [-0.2, -0.15) is 0 Å². The molecule has 0 saturated carbocycles. The fraction of sp³-hybridized carbons (Fsp3) is 0.310. The zero-order valence-corrected chi connectivity index (χ0v) is 23.9. The fourth-order valence-corrected chi connectivity index (χ4v) is 4.93. The second kappa shape index (κ2) is 14.0. The van der Waals surface area contributed by atoms with Crippen LogP contribution in [0.4, 0.5) is 5.69 Å². The van der Waals surface area contributed by atoms with Crippen LogP contribution in [0, 0.1) is 0 Å². The predicted octanol–water partition coefficient (Wildman–Crippen LogP) is 5.23. The van der Waals surface area contributed by atoms with Gasteiger partial charge in [0.15, 0.2) is 0 Å². The average molecular weight is 572 g/mol. The SMILES string of the molecule is CCCCNC(=O)C(C)N(Cc1cccc(Cl)c1)C(=O)CN(c1ccc(Oc2ccccc2)cc1)S(C)(=O)=O. The van der Waals surface area contributed by atoms with Crippen LogP contribution in [0.25, 0.3) is 0 Å². The van der Waals surface area contributed by atoms with Crippen molar-refractivity contribution < 1.29 is 22.7 Å². The van der Waals surface area contributed by atoms with Crippen LogP contribution in [-0.4, -0.2) is 50.5 Å². The zero-order chi connectivity index (χ0) is 28.4. The molecule has 0 aliphatic carbocycles. The summed E-state index contributed by atoms with van der Waals surface area (Å²) in [5.74, 6) is 0.322. The fourth-order valence-electron chi connectivity index (χ4n) is 3.87. The maximum absolute atomic E-state index is 13.6. The minimum atomic E-state index is -3.84. The number of hydrogen-bond donors (Lipinski definition) is 1. The van der Waals surface area contributed by atoms with E-state index in [1.807, 2.05) is 37.3 Å². The van der Waals surface area contributed by atoms with E-state index in [2.05, 4.69) is 5.32 Å². The zero-order valence-electron chi connectivity index (χ0n) is 22.3. The van der Waals surface area contributed by atoms with Crippen molar-refractivity contribution in [2.75, 3.05) is 23.7 Å². The predicted molar refractivity (Wildman–Crippen MR) is 155 cm³/mol. The number of benzene rings is 3. The summed E-state index contributed by atoms with van der Waals surface area (Å²) in [4.78, 5) is 27.9. The van der Waals surface area contributed by atoms with Crippen molar-refractivity contribution >= 4 is 39.1 Å². The lowest BCUT2D eigenvalue weighted by molar-refractivity contribution is -0.139. The summed E-state index contributed by atoms with van der Waals surface area (Å²) < 4.78 is 32.4. The standard InChI is InChI=1S/C29H34ClN3O5S/c1-4-5-18-31-29(35)22(2)32(20-23-10-9-11-24(30)19-23)28(34)21-33(39(3,36)37)25-14-16-27(17-15-25)38-26-12-7-6-8-13-26/h6-17,19,22H,4-5,18,20-21H2,1-3H3,(H,31,35). The van der Waals surface area contributed by atoms with Crippen LogP contribution >= 0.6 is 11.6 Å². The van der Waals surface area contributed by atoms with Crippen LogP contribution in [0.1, 0.15) is 32.3 Å². The normalized spacial score (nSPS) is 11.9. The monoisotopic (exact) mass is 571 g/mol. The van der Waals surface area contributed by atoms with Gasteiger partial charge < -0.3 is 15.0 Å². The topological polar surface area (TPSA) is 96.0 Å². The second-order valence-electron chi connectivity index (χ2n) is 9.15. The van der Waals surface area contributed by atoms with Gasteiger partial charge in [0.05, 0.1) is 11.9 Å². The van der Waals surface area contributed by atoms with Crippen LogP contribution in [0.3, 0.4) is 0 Å². The quantitative estimate of drug-likeness (QED) is 0.283. The highest BCUT2D eigenvalue weighted by atomic mass is 35.5. The Kier molecular flexibility index (Phi) is 10.8. The lowest BCUT2D eigenvalue weighted by Gasteiger charge is -2.31. The Balaban J connectivity index is 1.84. The number of rotatable bonds is 13. The number of para-hydroxylation sites is 1. The number of halogens is 1. The van der Waals surface area contributed by atoms with Crippen molar-refractivity contribution in [3.63, 3.8) is 0 Å². The Bertz CT molecular complexity index is 1350. The van der Waals surface area contributed by atoms with E-state index in [1.165, 1.54) is 4.90 Å². The largest absolute Gasteiger partial charge is 0.457 e. The number of carbonyl (C=O) groups is 2. The van der Waals surface area contributed by atoms with E-state index in [9.17, 15) is 18.0 Å². The Labute approximate surface area is 235 Å². The number of sulfonamides is 1. The molecule has 3 aromatic rings. The van der Waals surface area contributed by atoms with Crippen molar-refractivity contribution in [2.45, 2.75) is 39.3 Å². The second-order valence-corrected chi connectivity index (χ2v) is 11.5. The molecule has 0 spiro atoms. The first-order valence-corrected chi connectivity index (χ1v) is 14.9. The summed E-state index contributed by atoms with van der Waals surface area (Å²) in [6, 6.07) is 21.8. The average Bonchev–Trinajstić information content (AvgIpc) is 2.90. The molecule has 3 rings (SSSR count). The van der Waals surface area contributed by atoms with E-state index in [4.69, 9.17) is 16.3 Å². The highest BCUT2D eigenvalue weighted by Gasteiger charge is 2.30. The number of ether oxygens (including phenoxy) is 1. The third kappa shape index (κ3) is 9.01. The molecular weight excluding hydrogens is 538 g/mol. The van der Waals surface area contributed by atoms with Gasteiger partial charge in [-0.15, -0.1) is 0 Å². The number of hydrogen-bond acceptors (Lipinski definition) is 5. The highest BCUT2D eigenvalue weighted by molar-refractivity contribution is 7.92. The summed E-state index contributed by atoms with van der Waals surface area (Å²) in [6.45, 7) is 3.74. The van der Waals surface area contributed by atoms with Crippen molar-refractivity contribution in [1.29, 1.82) is 0 Å². The summed E-state index contributed by atoms with van der Waals surface area (Å²) in [5, 5.41) is 3.35. The smallest absolute Gasteiger partial charge is 0.244 e. The van der Waals surface area contributed by atoms with Crippen molar-refractivity contribution in [3.8, 4) is 11.5 Å². The molecule has 1 atom stereocenters. The molecule has 0 fully saturated rings. The molecule has 1 N–H and O–H groups in total. The van der Waals surface area contributed by atoms with Crippen LogP contribution in [-0.2, 0) is 26.2 Å². The molecule has 8 nitrogen and oxygen atoms in total. The van der Waals surface area contributed by atoms with Gasteiger partial charge in [-0.1, -0.05) is 55.3 Å². The Morgan fingerprint density at radius 1 is 0.974 bits per heavy atom. The number of carbonyl (C=O) groups excluding carboxylic acids is 2. The minimum absolute atomic E-state index is 0.0865. The van der Waals surface area contributed by atoms with Gasteiger partial charge in [0, 0.05) is 18.1 Å². The molecule has 0 saturated heterocycles. The van der Waals surface area contributed by atoms with E-state index in [0.717, 1.165) is 29.0 Å². The molecule has 3 aromatic carbocycles. The summed E-state index contributed by atoms with van der Waals surface area (Å²) >= 11 is 6.14. The molecule has 0 aromatic heterocycles. The van der Waals surface area contributed by atoms with E-state index in [1.54, 1.807) is 55.5 Å². The molecule has 0 bridgehead atoms. The Hall–Kier alpha value is -3.56. The highest BCUT2D eigenvalue weighted by Crippen LogP contribution is 2.26. The van der Waals surface area contributed by atoms with Crippen LogP contribution in [0.2, 0.25) is 5.02 Å². The van der Waals surface area contributed by atoms with E-state index < -0.39 is 28.5 Å². The van der Waals surface area contributed by atoms with Crippen molar-refractivity contribution in [3.05, 3.63) is 89.4 Å². The first-order valence-electron chi connectivity index (χ1n) is 12.7. The molecular formula is C29H34ClN3O5S. The van der Waals surface area contributed by atoms with E-state index in [-0.39, 0.29) is 12.5 Å². The molecule has 2 amide bonds. The molecule has 39 heavy (non-hydrogen) atoms. The molecule has 0 aliphatic rings. The number of nitrogens with zero attached hydrogens (tertiary/aromatic N) is 2. The molecule has 1 unspecified atom stereocenters. The first kappa shape index (κ1) is 30.0. The summed E-state index contributed by atoms with van der Waals surface area (Å²) in [7, 11) is -3.84. The third-order valence-corrected chi connectivity index (χ3v) is 7.40. The van der Waals surface area contributed by atoms with Gasteiger partial charge >= 0.3 is 0 Å². The maximum atomic E-state index is 13.6. The lowest BCUT2D eigenvalue weighted by Crippen LogP contribution is -2.51. The van der Waals surface area contributed by atoms with Crippen molar-refractivity contribution in [2.24, 2.45) is 0 Å². The summed E-state index contributed by atoms with van der Waals surface area (Å²) in [5.41, 5.74) is 1.02. The van der Waals surface area contributed by atoms with Gasteiger partial charge in [0.1, 0.15) is 24.1 Å². The van der Waals surface area contributed by atoms with Gasteiger partial charge in [-0.25, -0.2) is 8.42 Å². The Morgan fingerprint density at radius 3 is 2.26 bits per heavy atom. The van der Waals surface area contributed by atoms with E-state index in [0.29, 0.717) is 28.8 Å². The van der Waals surface area contributed by atoms with Crippen molar-refractivity contribution in [1.82, 2.24) is 10.2 Å². The maximum Gasteiger partial charge on any atom is 0.244 e. The Morgan fingerprint density at radius 2 is 1.64 bits per heavy atom. The molecule has 0 heterocycles. The molecule has 208 valence electrons. The molecule has 0 aliphatic heterocycles. The van der Waals surface area contributed by atoms with Gasteiger partial charge in [-0.05, 0) is 67.4 Å². The van der Waals surface area contributed by atoms with Gasteiger partial charge in [0.25, 0.3) is 0 Å². The lowest BCUT2D eigenvalue weighted by atomic mass is 10.1. The van der Waals surface area contributed by atoms with Crippen LogP contribution in [0.5, 0.6) is 11.5 Å². The number of anilines is 1. The first-order chi connectivity index (χ1) is 18.6. The molecule has 0 radical (unpaired) electrons. The van der Waals surface area contributed by atoms with Crippen LogP contribution in [0.15, 0.2) is 78.9 Å². The number of unbranched alkanes of at least 4 members (excludes halogenated alkanes) is 1. The minimum Gasteiger partial charge on any atom is -0.457 e. The number of nitrogens with one attached hydrogen (secondary N) is 1. The molecule has 10 heteroatoms. The van der Waals surface area contributed by atoms with Gasteiger partial charge in [0.2, 0.25) is 21.8 Å². The van der Waals surface area contributed by atoms with E-state index >= 15 is 0 Å².